The fraction of sp³-hybridized carbons (Fsp3) is 0.333. The van der Waals surface area contributed by atoms with Gasteiger partial charge in [-0.25, -0.2) is 9.37 Å². The molecule has 1 aliphatic rings. The third kappa shape index (κ3) is 4.60. The van der Waals surface area contributed by atoms with Crippen molar-refractivity contribution in [1.29, 1.82) is 0 Å². The maximum atomic E-state index is 14.3. The lowest BCUT2D eigenvalue weighted by molar-refractivity contribution is -0.385. The number of aromatic nitrogens is 2. The molecule has 0 radical (unpaired) electrons. The number of methoxy groups -OCH3 is 1. The Kier molecular flexibility index (Phi) is 6.43. The van der Waals surface area contributed by atoms with E-state index < -0.39 is 40.2 Å². The first-order valence-corrected chi connectivity index (χ1v) is 9.15. The second-order valence-electron chi connectivity index (χ2n) is 6.52. The van der Waals surface area contributed by atoms with Crippen LogP contribution in [0.4, 0.5) is 15.9 Å². The Bertz CT molecular complexity index is 1020. The van der Waals surface area contributed by atoms with Crippen molar-refractivity contribution in [3.8, 4) is 17.4 Å². The molecule has 1 fully saturated rings. The number of nitro groups is 1. The molecular weight excluding hydrogens is 415 g/mol. The number of rotatable bonds is 8. The first-order chi connectivity index (χ1) is 14.8. The van der Waals surface area contributed by atoms with Crippen LogP contribution in [0.5, 0.6) is 17.4 Å². The van der Waals surface area contributed by atoms with Gasteiger partial charge in [0.1, 0.15) is 12.4 Å². The topological polar surface area (TPSA) is 163 Å². The number of nitrogens with one attached hydrogen (secondary N) is 1. The Morgan fingerprint density at radius 2 is 2.19 bits per heavy atom. The molecule has 1 aliphatic heterocycles. The van der Waals surface area contributed by atoms with Crippen LogP contribution in [-0.4, -0.2) is 52.9 Å². The Morgan fingerprint density at radius 3 is 2.87 bits per heavy atom. The molecule has 1 atom stereocenters. The number of primary amides is 1. The molecule has 13 heteroatoms. The van der Waals surface area contributed by atoms with Gasteiger partial charge in [-0.15, -0.1) is 0 Å². The van der Waals surface area contributed by atoms with E-state index in [1.807, 2.05) is 0 Å². The lowest BCUT2D eigenvalue weighted by Gasteiger charge is -2.24. The molecule has 2 amide bonds. The molecule has 0 aliphatic carbocycles. The van der Waals surface area contributed by atoms with Crippen LogP contribution in [0.15, 0.2) is 24.5 Å². The first-order valence-electron chi connectivity index (χ1n) is 9.15. The van der Waals surface area contributed by atoms with E-state index in [0.717, 1.165) is 12.4 Å². The smallest absolute Gasteiger partial charge is 0.373 e. The molecule has 2 heterocycles. The van der Waals surface area contributed by atoms with Crippen molar-refractivity contribution < 1.29 is 28.4 Å². The van der Waals surface area contributed by atoms with Crippen molar-refractivity contribution in [3.05, 3.63) is 40.5 Å². The molecule has 1 unspecified atom stereocenters. The highest BCUT2D eigenvalue weighted by Crippen LogP contribution is 2.41. The molecule has 0 spiro atoms. The van der Waals surface area contributed by atoms with E-state index in [4.69, 9.17) is 15.2 Å². The quantitative estimate of drug-likeness (QED) is 0.454. The number of para-hydroxylation sites is 1. The van der Waals surface area contributed by atoms with Gasteiger partial charge in [-0.3, -0.25) is 19.7 Å². The van der Waals surface area contributed by atoms with Crippen LogP contribution in [0, 0.1) is 15.9 Å². The summed E-state index contributed by atoms with van der Waals surface area (Å²) in [6, 6.07) is 3.10. The van der Waals surface area contributed by atoms with E-state index in [-0.39, 0.29) is 30.4 Å². The van der Waals surface area contributed by atoms with Gasteiger partial charge in [-0.1, -0.05) is 6.07 Å². The van der Waals surface area contributed by atoms with Crippen LogP contribution >= 0.6 is 0 Å². The Hall–Kier alpha value is -4.03. The minimum atomic E-state index is -0.816. The normalized spacial score (nSPS) is 15.4. The summed E-state index contributed by atoms with van der Waals surface area (Å²) in [6.45, 7) is -0.0779. The first kappa shape index (κ1) is 21.7. The summed E-state index contributed by atoms with van der Waals surface area (Å²) in [5.41, 5.74) is 4.41. The molecule has 0 saturated carbocycles. The molecule has 0 bridgehead atoms. The van der Waals surface area contributed by atoms with E-state index in [2.05, 4.69) is 15.3 Å². The third-order valence-electron chi connectivity index (χ3n) is 4.57. The number of amides is 2. The van der Waals surface area contributed by atoms with E-state index in [9.17, 15) is 24.1 Å². The number of carbonyl (C=O) groups is 2. The van der Waals surface area contributed by atoms with Crippen LogP contribution in [0.2, 0.25) is 0 Å². The minimum Gasteiger partial charge on any atom is -0.493 e. The minimum absolute atomic E-state index is 0.0133. The molecule has 164 valence electrons. The summed E-state index contributed by atoms with van der Waals surface area (Å²) in [6.07, 6.45) is 1.94. The van der Waals surface area contributed by atoms with Gasteiger partial charge in [0.15, 0.2) is 11.6 Å². The Balaban J connectivity index is 1.98. The highest BCUT2D eigenvalue weighted by atomic mass is 19.1. The molecule has 3 N–H and O–H groups in total. The van der Waals surface area contributed by atoms with Crippen LogP contribution in [-0.2, 0) is 9.59 Å². The van der Waals surface area contributed by atoms with Gasteiger partial charge in [0.2, 0.25) is 23.4 Å². The number of carbonyl (C=O) groups excluding carboxylic acids is 2. The van der Waals surface area contributed by atoms with Gasteiger partial charge < -0.3 is 25.4 Å². The van der Waals surface area contributed by atoms with Gasteiger partial charge in [-0.2, -0.15) is 4.98 Å². The third-order valence-corrected chi connectivity index (χ3v) is 4.57. The Morgan fingerprint density at radius 1 is 1.42 bits per heavy atom. The summed E-state index contributed by atoms with van der Waals surface area (Å²) < 4.78 is 24.7. The number of nitrogens with two attached hydrogens (primary N) is 1. The molecular formula is C18H19FN6O6. The summed E-state index contributed by atoms with van der Waals surface area (Å²) in [5, 5.41) is 14.2. The monoisotopic (exact) mass is 434 g/mol. The fourth-order valence-electron chi connectivity index (χ4n) is 3.23. The van der Waals surface area contributed by atoms with E-state index in [1.54, 1.807) is 0 Å². The number of benzene rings is 1. The lowest BCUT2D eigenvalue weighted by atomic mass is 10.2. The fourth-order valence-corrected chi connectivity index (χ4v) is 3.23. The summed E-state index contributed by atoms with van der Waals surface area (Å²) in [7, 11) is 1.29. The standard InChI is InChI=1S/C18H19FN6O6/c1-30-12-6-2-4-10(19)15(12)31-18-14(25(28)29)16(22-9-23-18)24-7-3-5-11(24)17(27)21-8-13(20)26/h2,4,6,9,11H,3,5,7-8H2,1H3,(H2,20,26)(H,21,27). The summed E-state index contributed by atoms with van der Waals surface area (Å²) >= 11 is 0. The van der Waals surface area contributed by atoms with Crippen LogP contribution in [0.3, 0.4) is 0 Å². The van der Waals surface area contributed by atoms with Crippen LogP contribution in [0.1, 0.15) is 12.8 Å². The molecule has 1 saturated heterocycles. The van der Waals surface area contributed by atoms with Gasteiger partial charge in [0.05, 0.1) is 18.6 Å². The lowest BCUT2D eigenvalue weighted by Crippen LogP contribution is -2.46. The zero-order valence-electron chi connectivity index (χ0n) is 16.4. The SMILES string of the molecule is COc1cccc(F)c1Oc1ncnc(N2CCCC2C(=O)NCC(N)=O)c1[N+](=O)[O-]. The molecule has 3 rings (SSSR count). The number of hydrogen-bond acceptors (Lipinski definition) is 9. The van der Waals surface area contributed by atoms with Gasteiger partial charge in [-0.05, 0) is 25.0 Å². The number of anilines is 1. The largest absolute Gasteiger partial charge is 0.493 e. The van der Waals surface area contributed by atoms with Gasteiger partial charge >= 0.3 is 11.6 Å². The van der Waals surface area contributed by atoms with E-state index >= 15 is 0 Å². The number of hydrogen-bond donors (Lipinski definition) is 2. The van der Waals surface area contributed by atoms with Gasteiger partial charge in [0, 0.05) is 6.54 Å². The maximum Gasteiger partial charge on any atom is 0.373 e. The predicted molar refractivity (Wildman–Crippen MR) is 104 cm³/mol. The average molecular weight is 434 g/mol. The maximum absolute atomic E-state index is 14.3. The second kappa shape index (κ2) is 9.19. The summed E-state index contributed by atoms with van der Waals surface area (Å²) in [4.78, 5) is 43.6. The highest BCUT2D eigenvalue weighted by Gasteiger charge is 2.38. The number of halogens is 1. The molecule has 1 aromatic carbocycles. The second-order valence-corrected chi connectivity index (χ2v) is 6.52. The van der Waals surface area contributed by atoms with Crippen molar-refractivity contribution in [3.63, 3.8) is 0 Å². The average Bonchev–Trinajstić information content (AvgIpc) is 3.23. The Labute approximate surface area is 175 Å². The zero-order chi connectivity index (χ0) is 22.5. The van der Waals surface area contributed by atoms with E-state index in [1.165, 1.54) is 24.1 Å². The van der Waals surface area contributed by atoms with Crippen molar-refractivity contribution in [1.82, 2.24) is 15.3 Å². The van der Waals surface area contributed by atoms with Crippen molar-refractivity contribution in [2.75, 3.05) is 25.1 Å². The zero-order valence-corrected chi connectivity index (χ0v) is 16.4. The highest BCUT2D eigenvalue weighted by molar-refractivity contribution is 5.89. The van der Waals surface area contributed by atoms with Crippen molar-refractivity contribution >= 4 is 23.3 Å². The van der Waals surface area contributed by atoms with Crippen molar-refractivity contribution in [2.24, 2.45) is 5.73 Å². The number of nitrogens with zero attached hydrogens (tertiary/aromatic N) is 4. The summed E-state index contributed by atoms with van der Waals surface area (Å²) in [5.74, 6) is -3.10. The van der Waals surface area contributed by atoms with Gasteiger partial charge in [0.25, 0.3) is 0 Å². The van der Waals surface area contributed by atoms with E-state index in [0.29, 0.717) is 12.8 Å². The van der Waals surface area contributed by atoms with Crippen LogP contribution in [0.25, 0.3) is 0 Å². The van der Waals surface area contributed by atoms with Crippen LogP contribution < -0.4 is 25.4 Å². The molecule has 1 aromatic heterocycles. The predicted octanol–water partition coefficient (Wildman–Crippen LogP) is 0.895. The molecule has 2 aromatic rings. The number of ether oxygens (including phenoxy) is 2. The molecule has 31 heavy (non-hydrogen) atoms. The van der Waals surface area contributed by atoms with Crippen molar-refractivity contribution in [2.45, 2.75) is 18.9 Å². The molecule has 12 nitrogen and oxygen atoms in total.